The van der Waals surface area contributed by atoms with Crippen LogP contribution < -0.4 is 0 Å². The Labute approximate surface area is 100 Å². The molecule has 0 bridgehead atoms. The molecule has 0 aromatic carbocycles. The number of nitrogens with zero attached hydrogens (tertiary/aromatic N) is 3. The molecule has 1 heterocycles. The minimum absolute atomic E-state index is 0.260. The summed E-state index contributed by atoms with van der Waals surface area (Å²) in [5.74, 6) is 0.654. The molecule has 0 radical (unpaired) electrons. The number of hydrogen-bond acceptors (Lipinski definition) is 3. The quantitative estimate of drug-likeness (QED) is 0.731. The Bertz CT molecular complexity index is 257. The predicted octanol–water partition coefficient (Wildman–Crippen LogP) is 1.81. The Hall–Kier alpha value is -0.590. The molecule has 92 valence electrons. The third-order valence-electron chi connectivity index (χ3n) is 3.79. The van der Waals surface area contributed by atoms with Gasteiger partial charge < -0.3 is 9.80 Å². The number of likely N-dealkylation sites (tertiary alicyclic amines) is 1. The zero-order chi connectivity index (χ0) is 12.3. The van der Waals surface area contributed by atoms with E-state index in [0.717, 1.165) is 13.1 Å². The van der Waals surface area contributed by atoms with Crippen LogP contribution in [-0.2, 0) is 0 Å². The summed E-state index contributed by atoms with van der Waals surface area (Å²) in [4.78, 5) is 4.61. The van der Waals surface area contributed by atoms with Gasteiger partial charge in [0, 0.05) is 6.04 Å². The normalized spacial score (nSPS) is 22.1. The van der Waals surface area contributed by atoms with E-state index in [-0.39, 0.29) is 5.41 Å². The first kappa shape index (κ1) is 13.5. The Balaban J connectivity index is 2.76. The van der Waals surface area contributed by atoms with Crippen LogP contribution in [0.15, 0.2) is 0 Å². The molecule has 1 unspecified atom stereocenters. The minimum Gasteiger partial charge on any atom is -0.306 e. The fourth-order valence-corrected chi connectivity index (χ4v) is 3.07. The van der Waals surface area contributed by atoms with Crippen molar-refractivity contribution in [3.63, 3.8) is 0 Å². The molecule has 1 saturated heterocycles. The van der Waals surface area contributed by atoms with Crippen LogP contribution in [0.5, 0.6) is 0 Å². The van der Waals surface area contributed by atoms with E-state index in [1.54, 1.807) is 0 Å². The van der Waals surface area contributed by atoms with Crippen LogP contribution in [-0.4, -0.2) is 50.1 Å². The molecule has 16 heavy (non-hydrogen) atoms. The van der Waals surface area contributed by atoms with Crippen LogP contribution in [0.1, 0.15) is 26.7 Å². The summed E-state index contributed by atoms with van der Waals surface area (Å²) in [6, 6.07) is 2.84. The maximum Gasteiger partial charge on any atom is 0.0700 e. The van der Waals surface area contributed by atoms with Gasteiger partial charge in [0.15, 0.2) is 0 Å². The average molecular weight is 223 g/mol. The third-order valence-corrected chi connectivity index (χ3v) is 3.79. The molecule has 0 N–H and O–H groups in total. The topological polar surface area (TPSA) is 30.3 Å². The van der Waals surface area contributed by atoms with Crippen LogP contribution >= 0.6 is 0 Å². The highest BCUT2D eigenvalue weighted by molar-refractivity contribution is 5.03. The number of piperidine rings is 1. The molecule has 0 aromatic rings. The van der Waals surface area contributed by atoms with E-state index in [2.05, 4.69) is 50.9 Å². The zero-order valence-corrected chi connectivity index (χ0v) is 11.3. The summed E-state index contributed by atoms with van der Waals surface area (Å²) >= 11 is 0. The molecule has 1 aliphatic rings. The molecular formula is C13H25N3. The standard InChI is InChI=1S/C13H25N3/c1-13(2,10-14)12(15(3)4)11-6-8-16(5)9-7-11/h11-12H,6-9H2,1-5H3. The van der Waals surface area contributed by atoms with E-state index in [4.69, 9.17) is 0 Å². The molecule has 0 aromatic heterocycles. The second-order valence-corrected chi connectivity index (χ2v) is 5.88. The Morgan fingerprint density at radius 2 is 1.81 bits per heavy atom. The van der Waals surface area contributed by atoms with Gasteiger partial charge in [-0.15, -0.1) is 0 Å². The monoisotopic (exact) mass is 223 g/mol. The predicted molar refractivity (Wildman–Crippen MR) is 67.1 cm³/mol. The molecule has 0 aliphatic carbocycles. The number of rotatable bonds is 3. The first-order valence-electron chi connectivity index (χ1n) is 6.14. The van der Waals surface area contributed by atoms with Gasteiger partial charge in [-0.05, 0) is 66.8 Å². The Morgan fingerprint density at radius 1 is 1.31 bits per heavy atom. The molecule has 1 rings (SSSR count). The van der Waals surface area contributed by atoms with Gasteiger partial charge in [-0.3, -0.25) is 0 Å². The lowest BCUT2D eigenvalue weighted by atomic mass is 9.74. The fourth-order valence-electron chi connectivity index (χ4n) is 3.07. The van der Waals surface area contributed by atoms with Crippen molar-refractivity contribution < 1.29 is 0 Å². The third kappa shape index (κ3) is 2.96. The smallest absolute Gasteiger partial charge is 0.0700 e. The molecular weight excluding hydrogens is 198 g/mol. The molecule has 0 saturated carbocycles. The highest BCUT2D eigenvalue weighted by atomic mass is 15.1. The van der Waals surface area contributed by atoms with Crippen LogP contribution in [0.4, 0.5) is 0 Å². The van der Waals surface area contributed by atoms with Crippen molar-refractivity contribution in [1.82, 2.24) is 9.80 Å². The summed E-state index contributed by atoms with van der Waals surface area (Å²) in [7, 11) is 6.38. The van der Waals surface area contributed by atoms with Gasteiger partial charge in [0.05, 0.1) is 11.5 Å². The maximum absolute atomic E-state index is 9.31. The van der Waals surface area contributed by atoms with Crippen molar-refractivity contribution in [1.29, 1.82) is 5.26 Å². The average Bonchev–Trinajstić information content (AvgIpc) is 2.20. The van der Waals surface area contributed by atoms with E-state index in [9.17, 15) is 5.26 Å². The summed E-state index contributed by atoms with van der Waals surface area (Å²) in [6.07, 6.45) is 2.43. The first-order valence-corrected chi connectivity index (χ1v) is 6.14. The zero-order valence-electron chi connectivity index (χ0n) is 11.3. The van der Waals surface area contributed by atoms with E-state index >= 15 is 0 Å². The Kier molecular flexibility index (Phi) is 4.35. The van der Waals surface area contributed by atoms with Crippen molar-refractivity contribution in [2.24, 2.45) is 11.3 Å². The molecule has 0 amide bonds. The molecule has 1 atom stereocenters. The second kappa shape index (κ2) is 5.16. The lowest BCUT2D eigenvalue weighted by Crippen LogP contribution is -2.49. The van der Waals surface area contributed by atoms with Gasteiger partial charge in [-0.2, -0.15) is 5.26 Å². The van der Waals surface area contributed by atoms with Crippen molar-refractivity contribution in [3.8, 4) is 6.07 Å². The first-order chi connectivity index (χ1) is 7.38. The van der Waals surface area contributed by atoms with Crippen molar-refractivity contribution in [2.75, 3.05) is 34.2 Å². The second-order valence-electron chi connectivity index (χ2n) is 5.88. The Morgan fingerprint density at radius 3 is 2.19 bits per heavy atom. The van der Waals surface area contributed by atoms with Gasteiger partial charge in [-0.25, -0.2) is 0 Å². The van der Waals surface area contributed by atoms with Gasteiger partial charge in [0.2, 0.25) is 0 Å². The van der Waals surface area contributed by atoms with Crippen molar-refractivity contribution in [2.45, 2.75) is 32.7 Å². The number of hydrogen-bond donors (Lipinski definition) is 0. The number of nitriles is 1. The van der Waals surface area contributed by atoms with Crippen LogP contribution in [0.25, 0.3) is 0 Å². The maximum atomic E-state index is 9.31. The van der Waals surface area contributed by atoms with Gasteiger partial charge in [0.25, 0.3) is 0 Å². The highest BCUT2D eigenvalue weighted by Crippen LogP contribution is 2.34. The van der Waals surface area contributed by atoms with E-state index in [1.807, 2.05) is 0 Å². The van der Waals surface area contributed by atoms with Crippen molar-refractivity contribution >= 4 is 0 Å². The van der Waals surface area contributed by atoms with Crippen molar-refractivity contribution in [3.05, 3.63) is 0 Å². The van der Waals surface area contributed by atoms with E-state index in [1.165, 1.54) is 12.8 Å². The molecule has 0 spiro atoms. The van der Waals surface area contributed by atoms with Crippen LogP contribution in [0, 0.1) is 22.7 Å². The lowest BCUT2D eigenvalue weighted by Gasteiger charge is -2.43. The molecule has 3 nitrogen and oxygen atoms in total. The van der Waals surface area contributed by atoms with Gasteiger partial charge in [0.1, 0.15) is 0 Å². The summed E-state index contributed by atoms with van der Waals surface area (Å²) in [6.45, 7) is 6.46. The summed E-state index contributed by atoms with van der Waals surface area (Å²) in [5.41, 5.74) is -0.260. The van der Waals surface area contributed by atoms with Gasteiger partial charge >= 0.3 is 0 Å². The van der Waals surface area contributed by atoms with Crippen LogP contribution in [0.2, 0.25) is 0 Å². The van der Waals surface area contributed by atoms with E-state index in [0.29, 0.717) is 12.0 Å². The molecule has 1 aliphatic heterocycles. The van der Waals surface area contributed by atoms with Gasteiger partial charge in [-0.1, -0.05) is 0 Å². The largest absolute Gasteiger partial charge is 0.306 e. The molecule has 3 heteroatoms. The SMILES string of the molecule is CN1CCC(C(N(C)C)C(C)(C)C#N)CC1. The fraction of sp³-hybridized carbons (Fsp3) is 0.923. The van der Waals surface area contributed by atoms with E-state index < -0.39 is 0 Å². The highest BCUT2D eigenvalue weighted by Gasteiger charge is 2.38. The molecule has 1 fully saturated rings. The minimum atomic E-state index is -0.260. The summed E-state index contributed by atoms with van der Waals surface area (Å²) < 4.78 is 0. The van der Waals surface area contributed by atoms with Crippen LogP contribution in [0.3, 0.4) is 0 Å². The summed E-state index contributed by atoms with van der Waals surface area (Å²) in [5, 5.41) is 9.31. The lowest BCUT2D eigenvalue weighted by molar-refractivity contribution is 0.0742.